The zero-order chi connectivity index (χ0) is 15.7. The number of ether oxygens (including phenoxy) is 4. The van der Waals surface area contributed by atoms with Crippen molar-refractivity contribution in [1.29, 1.82) is 0 Å². The summed E-state index contributed by atoms with van der Waals surface area (Å²) in [5, 5.41) is 2.57. The largest absolute Gasteiger partial charge is 0.508 e. The molecule has 1 rings (SSSR count). The quantitative estimate of drug-likeness (QED) is 0.813. The molecule has 1 aromatic rings. The van der Waals surface area contributed by atoms with Gasteiger partial charge in [0.15, 0.2) is 0 Å². The van der Waals surface area contributed by atoms with Crippen molar-refractivity contribution in [3.63, 3.8) is 0 Å². The fraction of sp³-hybridized carbons (Fsp3) is 0.429. The molecule has 1 amide bonds. The van der Waals surface area contributed by atoms with Crippen molar-refractivity contribution >= 4 is 17.9 Å². The molecular weight excluding hydrogens is 278 g/mol. The molecule has 0 atom stereocenters. The molecular formula is C14H19NO6. The molecule has 0 unspecified atom stereocenters. The highest BCUT2D eigenvalue weighted by Gasteiger charge is 2.11. The van der Waals surface area contributed by atoms with Crippen LogP contribution in [0.15, 0.2) is 18.2 Å². The average molecular weight is 297 g/mol. The van der Waals surface area contributed by atoms with Crippen molar-refractivity contribution in [2.45, 2.75) is 20.5 Å². The Labute approximate surface area is 123 Å². The lowest BCUT2D eigenvalue weighted by molar-refractivity contribution is 0.0537. The minimum absolute atomic E-state index is 0.0578. The van der Waals surface area contributed by atoms with E-state index in [1.54, 1.807) is 32.0 Å². The Kier molecular flexibility index (Phi) is 6.86. The fourth-order valence-electron chi connectivity index (χ4n) is 1.51. The van der Waals surface area contributed by atoms with Crippen LogP contribution in [0.3, 0.4) is 0 Å². The van der Waals surface area contributed by atoms with E-state index in [-0.39, 0.29) is 19.8 Å². The molecule has 1 aromatic carbocycles. The Bertz CT molecular complexity index is 488. The van der Waals surface area contributed by atoms with Crippen LogP contribution in [0.5, 0.6) is 5.75 Å². The summed E-state index contributed by atoms with van der Waals surface area (Å²) in [6.07, 6.45) is -1.36. The van der Waals surface area contributed by atoms with Gasteiger partial charge in [0.2, 0.25) is 0 Å². The number of benzene rings is 1. The number of nitrogens with one attached hydrogen (secondary N) is 1. The molecule has 0 aromatic heterocycles. The van der Waals surface area contributed by atoms with Crippen molar-refractivity contribution in [1.82, 2.24) is 0 Å². The Balaban J connectivity index is 2.81. The molecule has 21 heavy (non-hydrogen) atoms. The Morgan fingerprint density at radius 1 is 1.10 bits per heavy atom. The number of methoxy groups -OCH3 is 1. The molecule has 0 saturated carbocycles. The number of rotatable bonds is 6. The first-order valence-electron chi connectivity index (χ1n) is 6.50. The highest BCUT2D eigenvalue weighted by atomic mass is 16.7. The smallest absolute Gasteiger partial charge is 0.497 e. The summed E-state index contributed by atoms with van der Waals surface area (Å²) < 4.78 is 19.5. The monoisotopic (exact) mass is 297 g/mol. The van der Waals surface area contributed by atoms with Crippen LogP contribution >= 0.6 is 0 Å². The SMILES string of the molecule is CCOC(=O)Nc1ccc(OC)cc1COC(=O)OCC. The molecule has 0 radical (unpaired) electrons. The van der Waals surface area contributed by atoms with Gasteiger partial charge in [-0.05, 0) is 32.0 Å². The number of hydrogen-bond acceptors (Lipinski definition) is 6. The first-order valence-corrected chi connectivity index (χ1v) is 6.50. The predicted octanol–water partition coefficient (Wildman–Crippen LogP) is 2.94. The van der Waals surface area contributed by atoms with Crippen LogP contribution in [0.1, 0.15) is 19.4 Å². The van der Waals surface area contributed by atoms with E-state index in [0.717, 1.165) is 0 Å². The van der Waals surface area contributed by atoms with Crippen LogP contribution in [0.25, 0.3) is 0 Å². The van der Waals surface area contributed by atoms with E-state index in [2.05, 4.69) is 10.1 Å². The Morgan fingerprint density at radius 3 is 2.43 bits per heavy atom. The molecule has 0 aliphatic rings. The van der Waals surface area contributed by atoms with E-state index >= 15 is 0 Å². The molecule has 0 spiro atoms. The summed E-state index contributed by atoms with van der Waals surface area (Å²) in [6.45, 7) is 3.82. The second-order valence-corrected chi connectivity index (χ2v) is 3.84. The van der Waals surface area contributed by atoms with Crippen molar-refractivity contribution in [3.05, 3.63) is 23.8 Å². The standard InChI is InChI=1S/C14H19NO6/c1-4-19-13(16)15-12-7-6-11(18-3)8-10(12)9-21-14(17)20-5-2/h6-8H,4-5,9H2,1-3H3,(H,15,16). The molecule has 0 saturated heterocycles. The van der Waals surface area contributed by atoms with Gasteiger partial charge in [-0.3, -0.25) is 5.32 Å². The van der Waals surface area contributed by atoms with E-state index in [1.807, 2.05) is 0 Å². The highest BCUT2D eigenvalue weighted by molar-refractivity contribution is 5.85. The van der Waals surface area contributed by atoms with Gasteiger partial charge in [0.1, 0.15) is 12.4 Å². The van der Waals surface area contributed by atoms with Crippen LogP contribution in [0.4, 0.5) is 15.3 Å². The number of amides is 1. The van der Waals surface area contributed by atoms with Crippen LogP contribution in [0.2, 0.25) is 0 Å². The third-order valence-corrected chi connectivity index (χ3v) is 2.43. The zero-order valence-electron chi connectivity index (χ0n) is 12.3. The molecule has 0 aliphatic heterocycles. The molecule has 0 bridgehead atoms. The third kappa shape index (κ3) is 5.60. The summed E-state index contributed by atoms with van der Waals surface area (Å²) in [5.41, 5.74) is 1.04. The Morgan fingerprint density at radius 2 is 1.81 bits per heavy atom. The van der Waals surface area contributed by atoms with Gasteiger partial charge in [-0.2, -0.15) is 0 Å². The van der Waals surface area contributed by atoms with Crippen molar-refractivity contribution < 1.29 is 28.5 Å². The molecule has 0 aliphatic carbocycles. The van der Waals surface area contributed by atoms with E-state index in [9.17, 15) is 9.59 Å². The first-order chi connectivity index (χ1) is 10.1. The summed E-state index contributed by atoms with van der Waals surface area (Å²) >= 11 is 0. The molecule has 116 valence electrons. The van der Waals surface area contributed by atoms with Gasteiger partial charge in [0.05, 0.1) is 26.0 Å². The number of anilines is 1. The maximum absolute atomic E-state index is 11.5. The topological polar surface area (TPSA) is 83.1 Å². The van der Waals surface area contributed by atoms with E-state index in [4.69, 9.17) is 14.2 Å². The molecule has 0 fully saturated rings. The van der Waals surface area contributed by atoms with Gasteiger partial charge < -0.3 is 18.9 Å². The first kappa shape index (κ1) is 16.6. The van der Waals surface area contributed by atoms with Gasteiger partial charge in [0, 0.05) is 5.56 Å². The van der Waals surface area contributed by atoms with Crippen LogP contribution < -0.4 is 10.1 Å². The predicted molar refractivity (Wildman–Crippen MR) is 75.4 cm³/mol. The van der Waals surface area contributed by atoms with Crippen LogP contribution in [-0.4, -0.2) is 32.6 Å². The maximum atomic E-state index is 11.5. The van der Waals surface area contributed by atoms with Crippen LogP contribution in [-0.2, 0) is 20.8 Å². The maximum Gasteiger partial charge on any atom is 0.508 e. The van der Waals surface area contributed by atoms with Crippen LogP contribution in [0, 0.1) is 0 Å². The third-order valence-electron chi connectivity index (χ3n) is 2.43. The molecule has 0 heterocycles. The minimum atomic E-state index is -0.776. The second-order valence-electron chi connectivity index (χ2n) is 3.84. The summed E-state index contributed by atoms with van der Waals surface area (Å²) in [4.78, 5) is 22.7. The minimum Gasteiger partial charge on any atom is -0.497 e. The zero-order valence-corrected chi connectivity index (χ0v) is 12.3. The lowest BCUT2D eigenvalue weighted by Crippen LogP contribution is -2.15. The Hall–Kier alpha value is -2.44. The van der Waals surface area contributed by atoms with Crippen molar-refractivity contribution in [2.24, 2.45) is 0 Å². The molecule has 1 N–H and O–H groups in total. The van der Waals surface area contributed by atoms with E-state index in [1.165, 1.54) is 7.11 Å². The lowest BCUT2D eigenvalue weighted by atomic mass is 10.2. The summed E-state index contributed by atoms with van der Waals surface area (Å²) in [6, 6.07) is 4.97. The summed E-state index contributed by atoms with van der Waals surface area (Å²) in [7, 11) is 1.52. The number of carbonyl (C=O) groups excluding carboxylic acids is 2. The normalized spacial score (nSPS) is 9.67. The molecule has 7 heteroatoms. The van der Waals surface area contributed by atoms with Crippen molar-refractivity contribution in [3.8, 4) is 5.75 Å². The van der Waals surface area contributed by atoms with Gasteiger partial charge >= 0.3 is 12.2 Å². The molecule has 7 nitrogen and oxygen atoms in total. The number of carbonyl (C=O) groups is 2. The van der Waals surface area contributed by atoms with Gasteiger partial charge in [-0.25, -0.2) is 9.59 Å². The van der Waals surface area contributed by atoms with E-state index < -0.39 is 12.2 Å². The van der Waals surface area contributed by atoms with Gasteiger partial charge in [-0.15, -0.1) is 0 Å². The van der Waals surface area contributed by atoms with Gasteiger partial charge in [-0.1, -0.05) is 0 Å². The van der Waals surface area contributed by atoms with E-state index in [0.29, 0.717) is 17.0 Å². The second kappa shape index (κ2) is 8.68. The van der Waals surface area contributed by atoms with Gasteiger partial charge in [0.25, 0.3) is 0 Å². The average Bonchev–Trinajstić information content (AvgIpc) is 2.46. The number of hydrogen-bond donors (Lipinski definition) is 1. The summed E-state index contributed by atoms with van der Waals surface area (Å²) in [5.74, 6) is 0.576. The highest BCUT2D eigenvalue weighted by Crippen LogP contribution is 2.23. The fourth-order valence-corrected chi connectivity index (χ4v) is 1.51. The lowest BCUT2D eigenvalue weighted by Gasteiger charge is -2.12. The van der Waals surface area contributed by atoms with Crippen molar-refractivity contribution in [2.75, 3.05) is 25.6 Å².